The van der Waals surface area contributed by atoms with Crippen LogP contribution in [0.1, 0.15) is 32.6 Å². The molecule has 0 amide bonds. The lowest BCUT2D eigenvalue weighted by Gasteiger charge is -2.42. The van der Waals surface area contributed by atoms with Crippen LogP contribution in [0.4, 0.5) is 0 Å². The molecule has 0 spiro atoms. The Kier molecular flexibility index (Phi) is 3.88. The van der Waals surface area contributed by atoms with Crippen molar-refractivity contribution in [2.24, 2.45) is 0 Å². The molecule has 1 saturated carbocycles. The van der Waals surface area contributed by atoms with E-state index in [1.807, 2.05) is 24.4 Å². The van der Waals surface area contributed by atoms with Crippen molar-refractivity contribution >= 4 is 10.9 Å². The smallest absolute Gasteiger partial charge is 0.129 e. The van der Waals surface area contributed by atoms with Gasteiger partial charge in [-0.2, -0.15) is 0 Å². The topological polar surface area (TPSA) is 34.1 Å². The van der Waals surface area contributed by atoms with Crippen molar-refractivity contribution in [3.05, 3.63) is 36.5 Å². The first kappa shape index (κ1) is 13.4. The Morgan fingerprint density at radius 3 is 2.90 bits per heavy atom. The molecule has 1 aromatic carbocycles. The Morgan fingerprint density at radius 1 is 1.25 bits per heavy atom. The van der Waals surface area contributed by atoms with Crippen LogP contribution in [-0.2, 0) is 0 Å². The van der Waals surface area contributed by atoms with Gasteiger partial charge in [-0.1, -0.05) is 13.0 Å². The SMILES string of the molecule is CCNCCC1(Oc2cccc3ncccc23)CCC1. The van der Waals surface area contributed by atoms with E-state index in [4.69, 9.17) is 4.74 Å². The summed E-state index contributed by atoms with van der Waals surface area (Å²) in [6, 6.07) is 10.2. The third-order valence-electron chi connectivity index (χ3n) is 4.20. The van der Waals surface area contributed by atoms with Gasteiger partial charge in [0.1, 0.15) is 11.4 Å². The summed E-state index contributed by atoms with van der Waals surface area (Å²) in [5.74, 6) is 0.979. The average Bonchev–Trinajstić information content (AvgIpc) is 2.45. The van der Waals surface area contributed by atoms with Gasteiger partial charge in [-0.05, 0) is 63.0 Å². The third kappa shape index (κ3) is 2.63. The molecule has 20 heavy (non-hydrogen) atoms. The molecule has 3 nitrogen and oxygen atoms in total. The van der Waals surface area contributed by atoms with E-state index in [0.717, 1.165) is 49.0 Å². The third-order valence-corrected chi connectivity index (χ3v) is 4.20. The highest BCUT2D eigenvalue weighted by Crippen LogP contribution is 2.40. The summed E-state index contributed by atoms with van der Waals surface area (Å²) < 4.78 is 6.42. The van der Waals surface area contributed by atoms with Gasteiger partial charge in [-0.3, -0.25) is 4.98 Å². The van der Waals surface area contributed by atoms with Gasteiger partial charge in [0.2, 0.25) is 0 Å². The van der Waals surface area contributed by atoms with Crippen LogP contribution in [0.3, 0.4) is 0 Å². The van der Waals surface area contributed by atoms with Crippen molar-refractivity contribution in [1.82, 2.24) is 10.3 Å². The maximum Gasteiger partial charge on any atom is 0.129 e. The van der Waals surface area contributed by atoms with Crippen LogP contribution < -0.4 is 10.1 Å². The number of fused-ring (bicyclic) bond motifs is 1. The number of ether oxygens (including phenoxy) is 1. The van der Waals surface area contributed by atoms with Crippen LogP contribution in [0.5, 0.6) is 5.75 Å². The standard InChI is InChI=1S/C17H22N2O/c1-2-18-13-11-17(9-5-10-17)20-16-8-3-7-15-14(16)6-4-12-19-15/h3-4,6-8,12,18H,2,5,9-11,13H2,1H3. The highest BCUT2D eigenvalue weighted by molar-refractivity contribution is 5.84. The normalized spacial score (nSPS) is 16.9. The van der Waals surface area contributed by atoms with E-state index < -0.39 is 0 Å². The molecular weight excluding hydrogens is 248 g/mol. The summed E-state index contributed by atoms with van der Waals surface area (Å²) in [5.41, 5.74) is 1.04. The maximum atomic E-state index is 6.42. The van der Waals surface area contributed by atoms with Crippen molar-refractivity contribution in [2.45, 2.75) is 38.2 Å². The molecule has 0 aliphatic heterocycles. The van der Waals surface area contributed by atoms with E-state index >= 15 is 0 Å². The Balaban J connectivity index is 1.81. The van der Waals surface area contributed by atoms with Crippen molar-refractivity contribution < 1.29 is 4.74 Å². The molecule has 3 heteroatoms. The van der Waals surface area contributed by atoms with Crippen molar-refractivity contribution in [1.29, 1.82) is 0 Å². The summed E-state index contributed by atoms with van der Waals surface area (Å²) in [7, 11) is 0. The molecule has 3 rings (SSSR count). The fourth-order valence-electron chi connectivity index (χ4n) is 2.86. The number of pyridine rings is 1. The van der Waals surface area contributed by atoms with E-state index in [9.17, 15) is 0 Å². The monoisotopic (exact) mass is 270 g/mol. The summed E-state index contributed by atoms with van der Waals surface area (Å²) in [6.07, 6.45) is 6.51. The van der Waals surface area contributed by atoms with Gasteiger partial charge >= 0.3 is 0 Å². The number of rotatable bonds is 6. The number of benzene rings is 1. The summed E-state index contributed by atoms with van der Waals surface area (Å²) in [5, 5.41) is 4.52. The van der Waals surface area contributed by atoms with E-state index in [-0.39, 0.29) is 5.60 Å². The Bertz CT molecular complexity index is 573. The minimum atomic E-state index is 0.0340. The minimum Gasteiger partial charge on any atom is -0.487 e. The zero-order valence-electron chi connectivity index (χ0n) is 12.1. The Hall–Kier alpha value is -1.61. The highest BCUT2D eigenvalue weighted by Gasteiger charge is 2.39. The van der Waals surface area contributed by atoms with Crippen LogP contribution in [-0.4, -0.2) is 23.7 Å². The number of aromatic nitrogens is 1. The second kappa shape index (κ2) is 5.80. The molecule has 0 saturated heterocycles. The molecule has 1 aliphatic rings. The van der Waals surface area contributed by atoms with Crippen LogP contribution in [0.2, 0.25) is 0 Å². The van der Waals surface area contributed by atoms with E-state index in [1.165, 1.54) is 6.42 Å². The predicted molar refractivity (Wildman–Crippen MR) is 82.1 cm³/mol. The molecule has 0 radical (unpaired) electrons. The molecule has 0 bridgehead atoms. The van der Waals surface area contributed by atoms with Gasteiger partial charge in [0.05, 0.1) is 5.52 Å². The largest absolute Gasteiger partial charge is 0.487 e. The van der Waals surface area contributed by atoms with E-state index in [2.05, 4.69) is 29.4 Å². The van der Waals surface area contributed by atoms with Gasteiger partial charge in [-0.25, -0.2) is 0 Å². The highest BCUT2D eigenvalue weighted by atomic mass is 16.5. The molecule has 1 N–H and O–H groups in total. The summed E-state index contributed by atoms with van der Waals surface area (Å²) >= 11 is 0. The zero-order valence-corrected chi connectivity index (χ0v) is 12.1. The lowest BCUT2D eigenvalue weighted by molar-refractivity contribution is -0.0128. The van der Waals surface area contributed by atoms with Crippen LogP contribution >= 0.6 is 0 Å². The molecule has 1 aromatic heterocycles. The summed E-state index contributed by atoms with van der Waals surface area (Å²) in [4.78, 5) is 4.40. The number of nitrogens with zero attached hydrogens (tertiary/aromatic N) is 1. The van der Waals surface area contributed by atoms with E-state index in [0.29, 0.717) is 0 Å². The van der Waals surface area contributed by atoms with Gasteiger partial charge in [0.15, 0.2) is 0 Å². The number of nitrogens with one attached hydrogen (secondary N) is 1. The van der Waals surface area contributed by atoms with Crippen LogP contribution in [0.15, 0.2) is 36.5 Å². The lowest BCUT2D eigenvalue weighted by atomic mass is 9.77. The van der Waals surface area contributed by atoms with Gasteiger partial charge in [-0.15, -0.1) is 0 Å². The lowest BCUT2D eigenvalue weighted by Crippen LogP contribution is -2.45. The maximum absolute atomic E-state index is 6.42. The van der Waals surface area contributed by atoms with Crippen molar-refractivity contribution in [3.63, 3.8) is 0 Å². The first-order chi connectivity index (χ1) is 9.83. The molecule has 2 aromatic rings. The second-order valence-electron chi connectivity index (χ2n) is 5.57. The molecule has 1 heterocycles. The van der Waals surface area contributed by atoms with Crippen molar-refractivity contribution in [3.8, 4) is 5.75 Å². The average molecular weight is 270 g/mol. The van der Waals surface area contributed by atoms with Crippen LogP contribution in [0, 0.1) is 0 Å². The van der Waals surface area contributed by atoms with E-state index in [1.54, 1.807) is 0 Å². The second-order valence-corrected chi connectivity index (χ2v) is 5.57. The quantitative estimate of drug-likeness (QED) is 0.815. The number of hydrogen-bond acceptors (Lipinski definition) is 3. The summed E-state index contributed by atoms with van der Waals surface area (Å²) in [6.45, 7) is 4.19. The van der Waals surface area contributed by atoms with Gasteiger partial charge in [0.25, 0.3) is 0 Å². The Morgan fingerprint density at radius 2 is 2.15 bits per heavy atom. The molecule has 106 valence electrons. The van der Waals surface area contributed by atoms with Gasteiger partial charge < -0.3 is 10.1 Å². The fourth-order valence-corrected chi connectivity index (χ4v) is 2.86. The molecule has 0 atom stereocenters. The minimum absolute atomic E-state index is 0.0340. The molecule has 0 unspecified atom stereocenters. The fraction of sp³-hybridized carbons (Fsp3) is 0.471. The van der Waals surface area contributed by atoms with Crippen molar-refractivity contribution in [2.75, 3.05) is 13.1 Å². The Labute approximate surface area is 120 Å². The molecule has 1 fully saturated rings. The molecule has 1 aliphatic carbocycles. The first-order valence-electron chi connectivity index (χ1n) is 7.56. The van der Waals surface area contributed by atoms with Gasteiger partial charge in [0, 0.05) is 11.6 Å². The van der Waals surface area contributed by atoms with Crippen LogP contribution in [0.25, 0.3) is 10.9 Å². The predicted octanol–water partition coefficient (Wildman–Crippen LogP) is 3.54. The molecular formula is C17H22N2O. The number of hydrogen-bond donors (Lipinski definition) is 1. The zero-order chi connectivity index (χ0) is 13.8. The first-order valence-corrected chi connectivity index (χ1v) is 7.56.